The molecule has 3 rings (SSSR count). The van der Waals surface area contributed by atoms with Gasteiger partial charge in [0.2, 0.25) is 11.8 Å². The average Bonchev–Trinajstić information content (AvgIpc) is 3.49. The van der Waals surface area contributed by atoms with Gasteiger partial charge in [-0.05, 0) is 69.1 Å². The third kappa shape index (κ3) is 13.8. The van der Waals surface area contributed by atoms with Crippen molar-refractivity contribution in [1.82, 2.24) is 20.9 Å². The minimum atomic E-state index is -0.968. The summed E-state index contributed by atoms with van der Waals surface area (Å²) in [7, 11) is 0. The first kappa shape index (κ1) is 39.3. The molecule has 0 spiro atoms. The summed E-state index contributed by atoms with van der Waals surface area (Å²) in [6.07, 6.45) is 3.92. The van der Waals surface area contributed by atoms with Crippen molar-refractivity contribution in [2.45, 2.75) is 97.6 Å². The van der Waals surface area contributed by atoms with Gasteiger partial charge in [0.25, 0.3) is 0 Å². The van der Waals surface area contributed by atoms with E-state index in [9.17, 15) is 24.3 Å². The first-order valence-corrected chi connectivity index (χ1v) is 19.0. The predicted octanol–water partition coefficient (Wildman–Crippen LogP) is 4.99. The van der Waals surface area contributed by atoms with E-state index >= 15 is 0 Å². The number of aryl methyl sites for hydroxylation is 1. The van der Waals surface area contributed by atoms with E-state index in [1.165, 1.54) is 23.1 Å². The molecule has 13 heteroatoms. The zero-order chi connectivity index (χ0) is 35.1. The molecule has 1 fully saturated rings. The van der Waals surface area contributed by atoms with Crippen molar-refractivity contribution in [3.8, 4) is 0 Å². The van der Waals surface area contributed by atoms with Crippen LogP contribution in [0, 0.1) is 30.6 Å². The fraction of sp³-hybridized carbons (Fsp3) is 0.629. The Morgan fingerprint density at radius 2 is 1.69 bits per heavy atom. The zero-order valence-electron chi connectivity index (χ0n) is 28.7. The Hall–Kier alpha value is -3.16. The van der Waals surface area contributed by atoms with Crippen molar-refractivity contribution in [1.29, 1.82) is 0 Å². The van der Waals surface area contributed by atoms with Crippen LogP contribution < -0.4 is 16.0 Å². The van der Waals surface area contributed by atoms with E-state index in [0.29, 0.717) is 23.7 Å². The number of thioether (sulfide) groups is 1. The van der Waals surface area contributed by atoms with E-state index in [-0.39, 0.29) is 49.3 Å². The van der Waals surface area contributed by atoms with Gasteiger partial charge in [-0.1, -0.05) is 51.1 Å². The van der Waals surface area contributed by atoms with E-state index in [1.807, 2.05) is 62.7 Å². The first-order chi connectivity index (χ1) is 22.9. The number of carbonyl (C=O) groups excluding carboxylic acids is 4. The summed E-state index contributed by atoms with van der Waals surface area (Å²) >= 11 is 2.79. The Labute approximate surface area is 292 Å². The van der Waals surface area contributed by atoms with Crippen molar-refractivity contribution in [3.05, 3.63) is 52.0 Å². The number of ether oxygens (including phenoxy) is 2. The lowest BCUT2D eigenvalue weighted by Gasteiger charge is -2.30. The third-order valence-corrected chi connectivity index (χ3v) is 10.1. The van der Waals surface area contributed by atoms with E-state index in [1.54, 1.807) is 6.92 Å². The number of nitrogens with zero attached hydrogens (tertiary/aromatic N) is 1. The molecule has 0 saturated heterocycles. The van der Waals surface area contributed by atoms with Gasteiger partial charge >= 0.3 is 12.1 Å². The highest BCUT2D eigenvalue weighted by Gasteiger charge is 2.31. The number of hydrogen-bond acceptors (Lipinski definition) is 10. The van der Waals surface area contributed by atoms with Crippen molar-refractivity contribution in [2.24, 2.45) is 23.7 Å². The summed E-state index contributed by atoms with van der Waals surface area (Å²) in [5.74, 6) is -0.594. The predicted molar refractivity (Wildman–Crippen MR) is 188 cm³/mol. The van der Waals surface area contributed by atoms with Crippen LogP contribution in [-0.2, 0) is 37.1 Å². The van der Waals surface area contributed by atoms with Crippen LogP contribution in [0.15, 0.2) is 35.7 Å². The van der Waals surface area contributed by atoms with Gasteiger partial charge in [-0.2, -0.15) is 11.8 Å². The molecule has 266 valence electrons. The Bertz CT molecular complexity index is 1300. The Balaban J connectivity index is 1.42. The lowest BCUT2D eigenvalue weighted by molar-refractivity contribution is -0.151. The van der Waals surface area contributed by atoms with E-state index in [2.05, 4.69) is 20.9 Å². The summed E-state index contributed by atoms with van der Waals surface area (Å²) in [6, 6.07) is 8.15. The van der Waals surface area contributed by atoms with E-state index < -0.39 is 36.1 Å². The second-order valence-corrected chi connectivity index (χ2v) is 15.0. The number of amides is 3. The minimum Gasteiger partial charge on any atom is -0.461 e. The van der Waals surface area contributed by atoms with Crippen LogP contribution in [0.5, 0.6) is 0 Å². The maximum atomic E-state index is 13.3. The highest BCUT2D eigenvalue weighted by molar-refractivity contribution is 7.98. The van der Waals surface area contributed by atoms with Gasteiger partial charge < -0.3 is 30.5 Å². The molecule has 4 N–H and O–H groups in total. The second-order valence-electron chi connectivity index (χ2n) is 13.1. The smallest absolute Gasteiger partial charge is 0.408 e. The van der Waals surface area contributed by atoms with Crippen LogP contribution in [0.4, 0.5) is 4.79 Å². The monoisotopic (exact) mass is 704 g/mol. The maximum Gasteiger partial charge on any atom is 0.408 e. The van der Waals surface area contributed by atoms with Gasteiger partial charge in [-0.15, -0.1) is 11.3 Å². The molecule has 48 heavy (non-hydrogen) atoms. The van der Waals surface area contributed by atoms with Gasteiger partial charge in [0.05, 0.1) is 18.1 Å². The maximum absolute atomic E-state index is 13.3. The Morgan fingerprint density at radius 1 is 0.979 bits per heavy atom. The largest absolute Gasteiger partial charge is 0.461 e. The molecular weight excluding hydrogens is 653 g/mol. The van der Waals surface area contributed by atoms with Gasteiger partial charge in [0.1, 0.15) is 24.3 Å². The SMILES string of the molecule is CSC[C@H](NC(=O)OCc1nc(C)cs1)C(=O)N[C@H](CC(C)C)[C@@H](O)C[C@@H](C)C(=O)NCC1CCC(C(=O)OCc2ccccc2)CC1. The van der Waals surface area contributed by atoms with Crippen molar-refractivity contribution < 1.29 is 33.8 Å². The summed E-state index contributed by atoms with van der Waals surface area (Å²) in [6.45, 7) is 8.42. The number of carbonyl (C=O) groups is 4. The molecule has 2 aromatic rings. The van der Waals surface area contributed by atoms with Gasteiger partial charge in [0, 0.05) is 29.3 Å². The second kappa shape index (κ2) is 20.4. The average molecular weight is 705 g/mol. The van der Waals surface area contributed by atoms with Crippen LogP contribution in [0.2, 0.25) is 0 Å². The Morgan fingerprint density at radius 3 is 2.31 bits per heavy atom. The molecule has 1 aromatic heterocycles. The topological polar surface area (TPSA) is 156 Å². The Kier molecular flexibility index (Phi) is 16.7. The van der Waals surface area contributed by atoms with Crippen LogP contribution in [0.1, 0.15) is 75.6 Å². The standard InChI is InChI=1S/C35H52N4O7S2/c1-22(2)15-28(38-33(42)29(21-47-5)39-35(44)46-19-31-37-24(4)20-48-31)30(40)16-23(3)32(41)36-17-25-11-13-27(14-12-25)34(43)45-18-26-9-7-6-8-10-26/h6-10,20,22-23,25,27-30,40H,11-19,21H2,1-5H3,(H,36,41)(H,38,42)(H,39,44)/t23-,25?,27?,28-,29+,30+/m1/s1. The van der Waals surface area contributed by atoms with Crippen molar-refractivity contribution in [2.75, 3.05) is 18.6 Å². The molecule has 0 unspecified atom stereocenters. The first-order valence-electron chi connectivity index (χ1n) is 16.7. The molecular formula is C35H52N4O7S2. The van der Waals surface area contributed by atoms with Crippen molar-refractivity contribution in [3.63, 3.8) is 0 Å². The number of rotatable bonds is 18. The number of nitrogens with one attached hydrogen (secondary N) is 3. The van der Waals surface area contributed by atoms with Crippen LogP contribution in [0.25, 0.3) is 0 Å². The number of hydrogen-bond donors (Lipinski definition) is 4. The minimum absolute atomic E-state index is 0.0116. The number of alkyl carbamates (subject to hydrolysis) is 1. The lowest BCUT2D eigenvalue weighted by atomic mass is 9.82. The van der Waals surface area contributed by atoms with Crippen molar-refractivity contribution >= 4 is 47.0 Å². The number of esters is 1. The summed E-state index contributed by atoms with van der Waals surface area (Å²) in [5, 5.41) is 22.3. The molecule has 1 aliphatic rings. The number of aromatic nitrogens is 1. The van der Waals surface area contributed by atoms with E-state index in [4.69, 9.17) is 9.47 Å². The normalized spacial score (nSPS) is 18.6. The van der Waals surface area contributed by atoms with Gasteiger partial charge in [-0.3, -0.25) is 14.4 Å². The highest BCUT2D eigenvalue weighted by Crippen LogP contribution is 2.29. The van der Waals surface area contributed by atoms with Gasteiger partial charge in [-0.25, -0.2) is 9.78 Å². The van der Waals surface area contributed by atoms with Crippen LogP contribution in [0.3, 0.4) is 0 Å². The number of benzene rings is 1. The highest BCUT2D eigenvalue weighted by atomic mass is 32.2. The number of aliphatic hydroxyl groups is 1. The molecule has 1 aromatic carbocycles. The summed E-state index contributed by atoms with van der Waals surface area (Å²) in [5.41, 5.74) is 1.81. The number of thiazole rings is 1. The quantitative estimate of drug-likeness (QED) is 0.157. The third-order valence-electron chi connectivity index (χ3n) is 8.46. The molecule has 0 bridgehead atoms. The lowest BCUT2D eigenvalue weighted by Crippen LogP contribution is -2.54. The molecule has 0 radical (unpaired) electrons. The summed E-state index contributed by atoms with van der Waals surface area (Å²) in [4.78, 5) is 55.6. The molecule has 1 saturated carbocycles. The fourth-order valence-corrected chi connectivity index (χ4v) is 6.99. The van der Waals surface area contributed by atoms with Crippen LogP contribution in [-0.4, -0.2) is 70.7 Å². The number of aliphatic hydroxyl groups excluding tert-OH is 1. The van der Waals surface area contributed by atoms with Crippen LogP contribution >= 0.6 is 23.1 Å². The molecule has 3 amide bonds. The molecule has 4 atom stereocenters. The molecule has 11 nitrogen and oxygen atoms in total. The molecule has 1 heterocycles. The molecule has 0 aliphatic heterocycles. The van der Waals surface area contributed by atoms with Gasteiger partial charge in [0.15, 0.2) is 0 Å². The summed E-state index contributed by atoms with van der Waals surface area (Å²) < 4.78 is 10.8. The molecule has 1 aliphatic carbocycles. The van der Waals surface area contributed by atoms with E-state index in [0.717, 1.165) is 36.9 Å². The zero-order valence-corrected chi connectivity index (χ0v) is 30.4. The fourth-order valence-electron chi connectivity index (χ4n) is 5.73.